The van der Waals surface area contributed by atoms with Crippen LogP contribution in [0.1, 0.15) is 15.9 Å². The molecule has 3 rings (SSSR count). The fourth-order valence-electron chi connectivity index (χ4n) is 2.17. The number of amides is 1. The molecule has 0 bridgehead atoms. The number of hydrazone groups is 1. The van der Waals surface area contributed by atoms with E-state index in [4.69, 9.17) is 0 Å². The second kappa shape index (κ2) is 6.05. The lowest BCUT2D eigenvalue weighted by atomic mass is 10.0. The number of carbonyl (C=O) groups is 1. The van der Waals surface area contributed by atoms with E-state index < -0.39 is 5.91 Å². The minimum absolute atomic E-state index is 0.0761. The molecule has 1 amide bonds. The molecule has 1 aromatic heterocycles. The minimum atomic E-state index is -0.463. The van der Waals surface area contributed by atoms with Crippen molar-refractivity contribution in [1.29, 1.82) is 0 Å². The van der Waals surface area contributed by atoms with Crippen LogP contribution in [0.15, 0.2) is 66.0 Å². The third-order valence-electron chi connectivity index (χ3n) is 3.20. The molecule has 22 heavy (non-hydrogen) atoms. The third-order valence-corrected chi connectivity index (χ3v) is 3.20. The first kappa shape index (κ1) is 13.8. The number of carbonyl (C=O) groups excluding carboxylic acids is 1. The molecule has 0 atom stereocenters. The predicted molar refractivity (Wildman–Crippen MR) is 84.9 cm³/mol. The van der Waals surface area contributed by atoms with Gasteiger partial charge in [-0.15, -0.1) is 0 Å². The van der Waals surface area contributed by atoms with Crippen molar-refractivity contribution in [2.24, 2.45) is 5.10 Å². The van der Waals surface area contributed by atoms with Gasteiger partial charge in [-0.25, -0.2) is 5.43 Å². The summed E-state index contributed by atoms with van der Waals surface area (Å²) in [6, 6.07) is 14.2. The molecule has 0 aliphatic rings. The number of hydrogen-bond donors (Lipinski definition) is 2. The van der Waals surface area contributed by atoms with Gasteiger partial charge in [0.2, 0.25) is 0 Å². The lowest BCUT2D eigenvalue weighted by Gasteiger charge is -2.07. The van der Waals surface area contributed by atoms with Crippen LogP contribution in [0.25, 0.3) is 10.8 Å². The van der Waals surface area contributed by atoms with E-state index in [0.717, 1.165) is 10.9 Å². The molecule has 3 aromatic rings. The molecule has 0 radical (unpaired) electrons. The summed E-state index contributed by atoms with van der Waals surface area (Å²) in [6.07, 6.45) is 4.78. The largest absolute Gasteiger partial charge is 0.507 e. The van der Waals surface area contributed by atoms with Crippen LogP contribution in [0.4, 0.5) is 0 Å². The van der Waals surface area contributed by atoms with E-state index in [-0.39, 0.29) is 11.3 Å². The van der Waals surface area contributed by atoms with Crippen LogP contribution >= 0.6 is 0 Å². The van der Waals surface area contributed by atoms with Gasteiger partial charge in [0.15, 0.2) is 0 Å². The van der Waals surface area contributed by atoms with Gasteiger partial charge in [0.25, 0.3) is 5.91 Å². The van der Waals surface area contributed by atoms with Gasteiger partial charge in [-0.05, 0) is 22.9 Å². The van der Waals surface area contributed by atoms with Crippen molar-refractivity contribution >= 4 is 22.9 Å². The first-order valence-corrected chi connectivity index (χ1v) is 6.70. The summed E-state index contributed by atoms with van der Waals surface area (Å²) in [5, 5.41) is 15.4. The first-order valence-electron chi connectivity index (χ1n) is 6.70. The fourth-order valence-corrected chi connectivity index (χ4v) is 2.17. The zero-order valence-electron chi connectivity index (χ0n) is 11.6. The van der Waals surface area contributed by atoms with Gasteiger partial charge < -0.3 is 5.11 Å². The summed E-state index contributed by atoms with van der Waals surface area (Å²) in [5.41, 5.74) is 3.40. The highest BCUT2D eigenvalue weighted by molar-refractivity contribution is 6.09. The lowest BCUT2D eigenvalue weighted by Crippen LogP contribution is -2.18. The van der Waals surface area contributed by atoms with Crippen LogP contribution < -0.4 is 5.43 Å². The van der Waals surface area contributed by atoms with E-state index in [2.05, 4.69) is 15.5 Å². The Morgan fingerprint density at radius 1 is 1.14 bits per heavy atom. The predicted octanol–water partition coefficient (Wildman–Crippen LogP) is 2.70. The van der Waals surface area contributed by atoms with Crippen molar-refractivity contribution in [2.45, 2.75) is 0 Å². The SMILES string of the molecule is O=C(N/N=C/c1cccnc1)c1c(O)ccc2ccccc12. The number of fused-ring (bicyclic) bond motifs is 1. The Hall–Kier alpha value is -3.21. The Morgan fingerprint density at radius 3 is 2.82 bits per heavy atom. The van der Waals surface area contributed by atoms with Gasteiger partial charge in [-0.1, -0.05) is 36.4 Å². The van der Waals surface area contributed by atoms with E-state index in [1.54, 1.807) is 30.6 Å². The molecule has 2 aromatic carbocycles. The smallest absolute Gasteiger partial charge is 0.275 e. The highest BCUT2D eigenvalue weighted by atomic mass is 16.3. The Morgan fingerprint density at radius 2 is 2.00 bits per heavy atom. The molecule has 1 heterocycles. The highest BCUT2D eigenvalue weighted by Gasteiger charge is 2.14. The Bertz CT molecular complexity index is 845. The van der Waals surface area contributed by atoms with Crippen LogP contribution in [0.3, 0.4) is 0 Å². The van der Waals surface area contributed by atoms with Gasteiger partial charge in [0.1, 0.15) is 5.75 Å². The van der Waals surface area contributed by atoms with E-state index in [9.17, 15) is 9.90 Å². The van der Waals surface area contributed by atoms with Crippen LogP contribution in [0.5, 0.6) is 5.75 Å². The van der Waals surface area contributed by atoms with Gasteiger partial charge >= 0.3 is 0 Å². The average molecular weight is 291 g/mol. The maximum Gasteiger partial charge on any atom is 0.275 e. The Balaban J connectivity index is 1.86. The summed E-state index contributed by atoms with van der Waals surface area (Å²) in [4.78, 5) is 16.2. The average Bonchev–Trinajstić information content (AvgIpc) is 2.55. The number of benzene rings is 2. The normalized spacial score (nSPS) is 10.9. The summed E-state index contributed by atoms with van der Waals surface area (Å²) in [5.74, 6) is -0.540. The van der Waals surface area contributed by atoms with Crippen LogP contribution in [0, 0.1) is 0 Å². The summed E-state index contributed by atoms with van der Waals surface area (Å²) in [7, 11) is 0. The number of nitrogens with one attached hydrogen (secondary N) is 1. The standard InChI is InChI=1S/C17H13N3O2/c21-15-8-7-13-5-1-2-6-14(13)16(15)17(22)20-19-11-12-4-3-9-18-10-12/h1-11,21H,(H,20,22)/b19-11+. The zero-order valence-corrected chi connectivity index (χ0v) is 11.6. The number of phenols is 1. The molecule has 0 saturated carbocycles. The second-order valence-corrected chi connectivity index (χ2v) is 4.67. The lowest BCUT2D eigenvalue weighted by molar-refractivity contribution is 0.0954. The van der Waals surface area contributed by atoms with Crippen molar-refractivity contribution in [3.63, 3.8) is 0 Å². The number of aromatic nitrogens is 1. The summed E-state index contributed by atoms with van der Waals surface area (Å²) >= 11 is 0. The number of phenolic OH excluding ortho intramolecular Hbond substituents is 1. The fraction of sp³-hybridized carbons (Fsp3) is 0. The van der Waals surface area contributed by atoms with Gasteiger partial charge in [-0.3, -0.25) is 9.78 Å². The van der Waals surface area contributed by atoms with Gasteiger partial charge in [0, 0.05) is 18.0 Å². The van der Waals surface area contributed by atoms with E-state index in [0.29, 0.717) is 5.39 Å². The van der Waals surface area contributed by atoms with E-state index in [1.165, 1.54) is 12.3 Å². The minimum Gasteiger partial charge on any atom is -0.507 e. The number of pyridine rings is 1. The number of aromatic hydroxyl groups is 1. The molecule has 0 unspecified atom stereocenters. The molecule has 0 aliphatic heterocycles. The van der Waals surface area contributed by atoms with Crippen molar-refractivity contribution in [1.82, 2.24) is 10.4 Å². The Kier molecular flexibility index (Phi) is 3.78. The van der Waals surface area contributed by atoms with Crippen molar-refractivity contribution in [2.75, 3.05) is 0 Å². The van der Waals surface area contributed by atoms with Gasteiger partial charge in [-0.2, -0.15) is 5.10 Å². The topological polar surface area (TPSA) is 74.6 Å². The molecule has 5 heteroatoms. The van der Waals surface area contributed by atoms with Crippen molar-refractivity contribution in [3.05, 3.63) is 72.1 Å². The molecule has 0 fully saturated rings. The molecule has 0 spiro atoms. The summed E-state index contributed by atoms with van der Waals surface area (Å²) in [6.45, 7) is 0. The number of hydrogen-bond acceptors (Lipinski definition) is 4. The van der Waals surface area contributed by atoms with E-state index in [1.807, 2.05) is 24.3 Å². The molecular weight excluding hydrogens is 278 g/mol. The van der Waals surface area contributed by atoms with Crippen LogP contribution in [-0.4, -0.2) is 22.2 Å². The van der Waals surface area contributed by atoms with E-state index >= 15 is 0 Å². The zero-order chi connectivity index (χ0) is 15.4. The molecule has 0 aliphatic carbocycles. The third kappa shape index (κ3) is 2.78. The molecule has 108 valence electrons. The molecule has 5 nitrogen and oxygen atoms in total. The molecular formula is C17H13N3O2. The second-order valence-electron chi connectivity index (χ2n) is 4.67. The van der Waals surface area contributed by atoms with Gasteiger partial charge in [0.05, 0.1) is 11.8 Å². The maximum absolute atomic E-state index is 12.3. The van der Waals surface area contributed by atoms with Crippen LogP contribution in [-0.2, 0) is 0 Å². The highest BCUT2D eigenvalue weighted by Crippen LogP contribution is 2.26. The quantitative estimate of drug-likeness (QED) is 0.575. The van der Waals surface area contributed by atoms with Crippen LogP contribution in [0.2, 0.25) is 0 Å². The van der Waals surface area contributed by atoms with Crippen molar-refractivity contribution < 1.29 is 9.90 Å². The Labute approximate surface area is 126 Å². The maximum atomic E-state index is 12.3. The number of rotatable bonds is 3. The molecule has 0 saturated heterocycles. The summed E-state index contributed by atoms with van der Waals surface area (Å²) < 4.78 is 0. The first-order chi connectivity index (χ1) is 10.8. The molecule has 2 N–H and O–H groups in total. The van der Waals surface area contributed by atoms with Crippen molar-refractivity contribution in [3.8, 4) is 5.75 Å². The monoisotopic (exact) mass is 291 g/mol. The number of nitrogens with zero attached hydrogens (tertiary/aromatic N) is 2.